The number of hydrogen-bond donors (Lipinski definition) is 3. The molecule has 4 rings (SSSR count). The lowest BCUT2D eigenvalue weighted by Crippen LogP contribution is -2.47. The van der Waals surface area contributed by atoms with Crippen LogP contribution in [0.3, 0.4) is 0 Å². The lowest BCUT2D eigenvalue weighted by molar-refractivity contribution is 0.0759. The Bertz CT molecular complexity index is 1240. The second kappa shape index (κ2) is 8.95. The van der Waals surface area contributed by atoms with Crippen molar-refractivity contribution in [3.63, 3.8) is 0 Å². The lowest BCUT2D eigenvalue weighted by Gasteiger charge is -2.38. The number of H-pyrrole nitrogens is 1. The van der Waals surface area contributed by atoms with E-state index < -0.39 is 32.7 Å². The van der Waals surface area contributed by atoms with E-state index in [2.05, 4.69) is 19.9 Å². The highest BCUT2D eigenvalue weighted by molar-refractivity contribution is 7.90. The van der Waals surface area contributed by atoms with Gasteiger partial charge in [-0.05, 0) is 38.0 Å². The molecule has 174 valence electrons. The molecule has 0 saturated heterocycles. The summed E-state index contributed by atoms with van der Waals surface area (Å²) in [5.41, 5.74) is 1.23. The third kappa shape index (κ3) is 4.76. The zero-order valence-electron chi connectivity index (χ0n) is 18.2. The minimum absolute atomic E-state index is 0.141. The van der Waals surface area contributed by atoms with Crippen LogP contribution in [0.4, 0.5) is 4.39 Å². The number of aliphatic hydroxyl groups excluding tert-OH is 1. The van der Waals surface area contributed by atoms with Crippen molar-refractivity contribution >= 4 is 16.0 Å². The van der Waals surface area contributed by atoms with E-state index in [-0.39, 0.29) is 24.6 Å². The predicted octanol–water partition coefficient (Wildman–Crippen LogP) is 3.46. The van der Waals surface area contributed by atoms with Crippen LogP contribution in [0.25, 0.3) is 11.3 Å². The molecule has 0 bridgehead atoms. The van der Waals surface area contributed by atoms with Crippen LogP contribution in [0.15, 0.2) is 65.2 Å². The van der Waals surface area contributed by atoms with Gasteiger partial charge in [0.1, 0.15) is 16.7 Å². The normalized spacial score (nSPS) is 19.9. The van der Waals surface area contributed by atoms with Gasteiger partial charge in [0, 0.05) is 23.9 Å². The first-order chi connectivity index (χ1) is 15.7. The standard InChI is InChI=1S/C23H25FN4O4S/c1-23(2)21(16-9-7-15(8-10-16)19-11-13-25-27-19)33(30,31)28-22(32-23)26-20(12-14-29)17-5-3-4-6-18(17)24/h3-11,13,20-21,29H,12,14H2,1-2H3,(H,25,27)(H,26,28)/t20-,21?/m0/s1. The molecule has 2 heterocycles. The van der Waals surface area contributed by atoms with Crippen molar-refractivity contribution in [3.8, 4) is 11.3 Å². The van der Waals surface area contributed by atoms with E-state index in [1.165, 1.54) is 6.07 Å². The molecule has 0 aliphatic carbocycles. The van der Waals surface area contributed by atoms with Gasteiger partial charge in [0.2, 0.25) is 0 Å². The summed E-state index contributed by atoms with van der Waals surface area (Å²) in [5, 5.41) is 18.1. The number of nitrogens with one attached hydrogen (secondary N) is 2. The van der Waals surface area contributed by atoms with Gasteiger partial charge in [0.15, 0.2) is 0 Å². The van der Waals surface area contributed by atoms with E-state index in [0.717, 1.165) is 11.3 Å². The van der Waals surface area contributed by atoms with Crippen LogP contribution in [0.1, 0.15) is 42.7 Å². The lowest BCUT2D eigenvalue weighted by atomic mass is 9.96. The first-order valence-electron chi connectivity index (χ1n) is 10.5. The van der Waals surface area contributed by atoms with Crippen molar-refractivity contribution in [2.24, 2.45) is 4.40 Å². The summed E-state index contributed by atoms with van der Waals surface area (Å²) in [6, 6.07) is 14.0. The Morgan fingerprint density at radius 1 is 1.18 bits per heavy atom. The summed E-state index contributed by atoms with van der Waals surface area (Å²) < 4.78 is 50.6. The van der Waals surface area contributed by atoms with Crippen molar-refractivity contribution in [3.05, 3.63) is 77.7 Å². The average molecular weight is 473 g/mol. The molecule has 0 saturated carbocycles. The molecule has 2 aromatic carbocycles. The molecular weight excluding hydrogens is 447 g/mol. The summed E-state index contributed by atoms with van der Waals surface area (Å²) in [6.07, 6.45) is 1.85. The third-order valence-corrected chi connectivity index (χ3v) is 7.36. The number of nitrogens with zero attached hydrogens (tertiary/aromatic N) is 2. The van der Waals surface area contributed by atoms with Crippen molar-refractivity contribution in [2.75, 3.05) is 6.61 Å². The minimum atomic E-state index is -4.03. The quantitative estimate of drug-likeness (QED) is 0.506. The van der Waals surface area contributed by atoms with Crippen LogP contribution >= 0.6 is 0 Å². The molecule has 0 radical (unpaired) electrons. The minimum Gasteiger partial charge on any atom is -0.457 e. The molecule has 0 amide bonds. The van der Waals surface area contributed by atoms with Crippen LogP contribution in [0.2, 0.25) is 0 Å². The number of aliphatic hydroxyl groups is 1. The molecule has 8 nitrogen and oxygen atoms in total. The Balaban J connectivity index is 1.63. The van der Waals surface area contributed by atoms with Gasteiger partial charge in [-0.2, -0.15) is 5.10 Å². The Morgan fingerprint density at radius 3 is 2.52 bits per heavy atom. The number of aromatic nitrogens is 2. The monoisotopic (exact) mass is 472 g/mol. The molecule has 0 spiro atoms. The topological polar surface area (TPSA) is 117 Å². The molecule has 3 aromatic rings. The van der Waals surface area contributed by atoms with Gasteiger partial charge in [-0.3, -0.25) is 5.10 Å². The highest BCUT2D eigenvalue weighted by atomic mass is 32.2. The number of sulfonamides is 1. The Labute approximate surface area is 191 Å². The maximum atomic E-state index is 14.3. The zero-order valence-corrected chi connectivity index (χ0v) is 19.0. The van der Waals surface area contributed by atoms with E-state index in [9.17, 15) is 17.9 Å². The van der Waals surface area contributed by atoms with Crippen LogP contribution in [-0.2, 0) is 14.8 Å². The molecule has 1 aliphatic rings. The summed E-state index contributed by atoms with van der Waals surface area (Å²) >= 11 is 0. The zero-order chi connectivity index (χ0) is 23.6. The van der Waals surface area contributed by atoms with Gasteiger partial charge in [0.05, 0.1) is 11.7 Å². The number of hydrogen-bond acceptors (Lipinski definition) is 6. The van der Waals surface area contributed by atoms with E-state index in [4.69, 9.17) is 4.74 Å². The fourth-order valence-electron chi connectivity index (χ4n) is 4.07. The molecule has 10 heteroatoms. The summed E-state index contributed by atoms with van der Waals surface area (Å²) in [4.78, 5) is 0. The fourth-order valence-corrected chi connectivity index (χ4v) is 5.76. The van der Waals surface area contributed by atoms with E-state index in [0.29, 0.717) is 5.56 Å². The summed E-state index contributed by atoms with van der Waals surface area (Å²) in [6.45, 7) is 3.09. The molecular formula is C23H25FN4O4S. The number of amidine groups is 1. The fraction of sp³-hybridized carbons (Fsp3) is 0.304. The maximum Gasteiger partial charge on any atom is 0.301 e. The molecule has 1 aromatic heterocycles. The molecule has 0 fully saturated rings. The molecule has 33 heavy (non-hydrogen) atoms. The number of benzene rings is 2. The average Bonchev–Trinajstić information content (AvgIpc) is 3.27. The van der Waals surface area contributed by atoms with Gasteiger partial charge < -0.3 is 15.2 Å². The smallest absolute Gasteiger partial charge is 0.301 e. The second-order valence-electron chi connectivity index (χ2n) is 8.31. The predicted molar refractivity (Wildman–Crippen MR) is 122 cm³/mol. The van der Waals surface area contributed by atoms with Crippen LogP contribution in [0, 0.1) is 5.82 Å². The van der Waals surface area contributed by atoms with Crippen molar-refractivity contribution in [1.29, 1.82) is 0 Å². The van der Waals surface area contributed by atoms with Crippen molar-refractivity contribution in [2.45, 2.75) is 37.2 Å². The van der Waals surface area contributed by atoms with Crippen molar-refractivity contribution < 1.29 is 22.7 Å². The van der Waals surface area contributed by atoms with Crippen LogP contribution in [-0.4, -0.2) is 42.0 Å². The third-order valence-electron chi connectivity index (χ3n) is 5.51. The first-order valence-corrected chi connectivity index (χ1v) is 12.0. The van der Waals surface area contributed by atoms with Gasteiger partial charge in [-0.1, -0.05) is 42.5 Å². The van der Waals surface area contributed by atoms with E-state index >= 15 is 0 Å². The highest BCUT2D eigenvalue weighted by Crippen LogP contribution is 2.41. The Kier molecular flexibility index (Phi) is 6.22. The van der Waals surface area contributed by atoms with Gasteiger partial charge in [-0.25, -0.2) is 12.8 Å². The SMILES string of the molecule is CC1(C)OC(N[C@@H](CCO)c2ccccc2F)=NS(=O)(=O)C1c1ccc(-c2cc[nH]n2)cc1. The summed E-state index contributed by atoms with van der Waals surface area (Å²) in [5.74, 6) is -0.475. The maximum absolute atomic E-state index is 14.3. The van der Waals surface area contributed by atoms with Crippen LogP contribution in [0.5, 0.6) is 0 Å². The van der Waals surface area contributed by atoms with Gasteiger partial charge >= 0.3 is 6.02 Å². The summed E-state index contributed by atoms with van der Waals surface area (Å²) in [7, 11) is -4.03. The molecule has 3 N–H and O–H groups in total. The van der Waals surface area contributed by atoms with Crippen LogP contribution < -0.4 is 5.32 Å². The molecule has 1 aliphatic heterocycles. The number of ether oxygens (including phenoxy) is 1. The van der Waals surface area contributed by atoms with E-state index in [1.807, 2.05) is 6.07 Å². The highest BCUT2D eigenvalue weighted by Gasteiger charge is 2.47. The Hall–Kier alpha value is -3.24. The second-order valence-corrected chi connectivity index (χ2v) is 9.99. The van der Waals surface area contributed by atoms with Gasteiger partial charge in [0.25, 0.3) is 10.0 Å². The van der Waals surface area contributed by atoms with Gasteiger partial charge in [-0.15, -0.1) is 4.40 Å². The largest absolute Gasteiger partial charge is 0.457 e. The number of halogens is 1. The van der Waals surface area contributed by atoms with E-state index in [1.54, 1.807) is 62.5 Å². The van der Waals surface area contributed by atoms with Crippen molar-refractivity contribution in [1.82, 2.24) is 15.5 Å². The first kappa shape index (κ1) is 22.9. The molecule has 1 unspecified atom stereocenters. The molecule has 2 atom stereocenters. The number of aromatic amines is 1. The Morgan fingerprint density at radius 2 is 1.91 bits per heavy atom. The number of rotatable bonds is 6.